The van der Waals surface area contributed by atoms with E-state index in [-0.39, 0.29) is 6.61 Å². The van der Waals surface area contributed by atoms with Gasteiger partial charge in [0.2, 0.25) is 0 Å². The molecular formula is C15H19NO2S. The van der Waals surface area contributed by atoms with E-state index in [9.17, 15) is 5.11 Å². The number of rotatable bonds is 6. The van der Waals surface area contributed by atoms with Gasteiger partial charge in [0.05, 0.1) is 17.2 Å². The molecule has 0 saturated heterocycles. The maximum absolute atomic E-state index is 9.30. The molecule has 0 spiro atoms. The third-order valence-corrected chi connectivity index (χ3v) is 3.89. The molecule has 0 saturated carbocycles. The number of hydrogen-bond donors (Lipinski definition) is 1. The van der Waals surface area contributed by atoms with Crippen molar-refractivity contribution < 1.29 is 9.84 Å². The fourth-order valence-electron chi connectivity index (χ4n) is 1.83. The molecule has 0 unspecified atom stereocenters. The largest absolute Gasteiger partial charge is 0.486 e. The van der Waals surface area contributed by atoms with Gasteiger partial charge in [-0.25, -0.2) is 4.98 Å². The first-order valence-electron chi connectivity index (χ1n) is 6.50. The zero-order chi connectivity index (χ0) is 13.7. The lowest BCUT2D eigenvalue weighted by molar-refractivity contribution is 0.284. The number of hydrogen-bond acceptors (Lipinski definition) is 4. The van der Waals surface area contributed by atoms with Crippen LogP contribution < -0.4 is 4.74 Å². The van der Waals surface area contributed by atoms with E-state index in [1.165, 1.54) is 16.9 Å². The Morgan fingerprint density at radius 2 is 2.00 bits per heavy atom. The van der Waals surface area contributed by atoms with E-state index < -0.39 is 0 Å². The smallest absolute Gasteiger partial charge is 0.140 e. The Balaban J connectivity index is 2.01. The van der Waals surface area contributed by atoms with Gasteiger partial charge in [-0.3, -0.25) is 0 Å². The zero-order valence-electron chi connectivity index (χ0n) is 11.3. The summed E-state index contributed by atoms with van der Waals surface area (Å²) >= 11 is 1.54. The molecule has 3 nitrogen and oxygen atoms in total. The summed E-state index contributed by atoms with van der Waals surface area (Å²) in [5.74, 6) is 0.850. The maximum atomic E-state index is 9.30. The summed E-state index contributed by atoms with van der Waals surface area (Å²) in [6.45, 7) is 4.69. The molecule has 2 rings (SSSR count). The van der Waals surface area contributed by atoms with Gasteiger partial charge in [0.15, 0.2) is 0 Å². The number of ether oxygens (including phenoxy) is 1. The van der Waals surface area contributed by atoms with Gasteiger partial charge in [0, 0.05) is 0 Å². The standard InChI is InChI=1S/C15H19NO2S/c1-3-4-13-14(9-17)19-15(16-13)10-18-12-7-5-11(2)6-8-12/h5-8,17H,3-4,9-10H2,1-2H3. The van der Waals surface area contributed by atoms with Crippen LogP contribution in [0.2, 0.25) is 0 Å². The van der Waals surface area contributed by atoms with Crippen molar-refractivity contribution in [2.45, 2.75) is 39.9 Å². The molecule has 0 atom stereocenters. The molecule has 0 aliphatic heterocycles. The van der Waals surface area contributed by atoms with Crippen molar-refractivity contribution in [3.63, 3.8) is 0 Å². The molecule has 1 N–H and O–H groups in total. The molecule has 102 valence electrons. The highest BCUT2D eigenvalue weighted by Gasteiger charge is 2.10. The first-order chi connectivity index (χ1) is 9.22. The predicted molar refractivity (Wildman–Crippen MR) is 77.5 cm³/mol. The van der Waals surface area contributed by atoms with E-state index in [4.69, 9.17) is 4.74 Å². The highest BCUT2D eigenvalue weighted by atomic mass is 32.1. The predicted octanol–water partition coefficient (Wildman–Crippen LogP) is 3.48. The maximum Gasteiger partial charge on any atom is 0.140 e. The van der Waals surface area contributed by atoms with Gasteiger partial charge < -0.3 is 9.84 Å². The molecule has 1 aromatic carbocycles. The highest BCUT2D eigenvalue weighted by Crippen LogP contribution is 2.22. The van der Waals surface area contributed by atoms with Crippen LogP contribution in [0.15, 0.2) is 24.3 Å². The van der Waals surface area contributed by atoms with Gasteiger partial charge in [-0.1, -0.05) is 31.0 Å². The SMILES string of the molecule is CCCc1nc(COc2ccc(C)cc2)sc1CO. The Hall–Kier alpha value is -1.39. The molecule has 0 aliphatic rings. The molecule has 0 amide bonds. The molecule has 1 heterocycles. The summed E-state index contributed by atoms with van der Waals surface area (Å²) in [5.41, 5.74) is 2.23. The number of aromatic nitrogens is 1. The van der Waals surface area contributed by atoms with Crippen molar-refractivity contribution in [1.82, 2.24) is 4.98 Å². The monoisotopic (exact) mass is 277 g/mol. The Kier molecular flexibility index (Phi) is 4.93. The van der Waals surface area contributed by atoms with Crippen LogP contribution in [0.25, 0.3) is 0 Å². The van der Waals surface area contributed by atoms with Crippen molar-refractivity contribution in [3.05, 3.63) is 45.4 Å². The van der Waals surface area contributed by atoms with Crippen LogP contribution in [-0.2, 0) is 19.6 Å². The lowest BCUT2D eigenvalue weighted by Gasteiger charge is -2.03. The van der Waals surface area contributed by atoms with Crippen LogP contribution in [0.5, 0.6) is 5.75 Å². The van der Waals surface area contributed by atoms with E-state index in [2.05, 4.69) is 18.8 Å². The summed E-state index contributed by atoms with van der Waals surface area (Å²) < 4.78 is 5.70. The second-order valence-corrected chi connectivity index (χ2v) is 5.66. The molecular weight excluding hydrogens is 258 g/mol. The van der Waals surface area contributed by atoms with Gasteiger partial charge in [0.25, 0.3) is 0 Å². The molecule has 2 aromatic rings. The Bertz CT molecular complexity index is 519. The Morgan fingerprint density at radius 1 is 1.26 bits per heavy atom. The van der Waals surface area contributed by atoms with Gasteiger partial charge in [-0.15, -0.1) is 11.3 Å². The lowest BCUT2D eigenvalue weighted by Crippen LogP contribution is -1.95. The third-order valence-electron chi connectivity index (χ3n) is 2.84. The first-order valence-corrected chi connectivity index (χ1v) is 7.32. The molecule has 0 bridgehead atoms. The van der Waals surface area contributed by atoms with Gasteiger partial charge >= 0.3 is 0 Å². The van der Waals surface area contributed by atoms with Crippen LogP contribution in [0.4, 0.5) is 0 Å². The number of aryl methyl sites for hydroxylation is 2. The molecule has 19 heavy (non-hydrogen) atoms. The number of thiazole rings is 1. The average Bonchev–Trinajstić information content (AvgIpc) is 2.81. The van der Waals surface area contributed by atoms with Gasteiger partial charge in [-0.2, -0.15) is 0 Å². The second-order valence-electron chi connectivity index (χ2n) is 4.49. The summed E-state index contributed by atoms with van der Waals surface area (Å²) in [5, 5.41) is 10.2. The van der Waals surface area contributed by atoms with E-state index >= 15 is 0 Å². The quantitative estimate of drug-likeness (QED) is 0.879. The molecule has 0 fully saturated rings. The molecule has 1 aromatic heterocycles. The van der Waals surface area contributed by atoms with Crippen LogP contribution in [0, 0.1) is 6.92 Å². The van der Waals surface area contributed by atoms with E-state index in [0.29, 0.717) is 6.61 Å². The summed E-state index contributed by atoms with van der Waals surface area (Å²) in [7, 11) is 0. The Labute approximate surface area is 117 Å². The average molecular weight is 277 g/mol. The summed E-state index contributed by atoms with van der Waals surface area (Å²) in [6.07, 6.45) is 1.95. The number of nitrogens with zero attached hydrogens (tertiary/aromatic N) is 1. The zero-order valence-corrected chi connectivity index (χ0v) is 12.2. The highest BCUT2D eigenvalue weighted by molar-refractivity contribution is 7.11. The minimum atomic E-state index is 0.0670. The van der Waals surface area contributed by atoms with Crippen LogP contribution in [-0.4, -0.2) is 10.1 Å². The minimum absolute atomic E-state index is 0.0670. The summed E-state index contributed by atoms with van der Waals surface area (Å²) in [4.78, 5) is 5.50. The summed E-state index contributed by atoms with van der Waals surface area (Å²) in [6, 6.07) is 7.98. The molecule has 0 aliphatic carbocycles. The van der Waals surface area contributed by atoms with Gasteiger partial charge in [-0.05, 0) is 25.5 Å². The van der Waals surface area contributed by atoms with Crippen molar-refractivity contribution >= 4 is 11.3 Å². The van der Waals surface area contributed by atoms with Crippen molar-refractivity contribution in [2.24, 2.45) is 0 Å². The van der Waals surface area contributed by atoms with Crippen molar-refractivity contribution in [2.75, 3.05) is 0 Å². The Morgan fingerprint density at radius 3 is 2.63 bits per heavy atom. The van der Waals surface area contributed by atoms with Gasteiger partial charge in [0.1, 0.15) is 17.4 Å². The molecule has 0 radical (unpaired) electrons. The number of aliphatic hydroxyl groups excluding tert-OH is 1. The lowest BCUT2D eigenvalue weighted by atomic mass is 10.2. The molecule has 4 heteroatoms. The third kappa shape index (κ3) is 3.78. The number of benzene rings is 1. The van der Waals surface area contributed by atoms with E-state index in [0.717, 1.165) is 34.2 Å². The fraction of sp³-hybridized carbons (Fsp3) is 0.400. The van der Waals surface area contributed by atoms with Crippen molar-refractivity contribution in [1.29, 1.82) is 0 Å². The topological polar surface area (TPSA) is 42.4 Å². The fourth-order valence-corrected chi connectivity index (χ4v) is 2.72. The van der Waals surface area contributed by atoms with Crippen LogP contribution in [0.3, 0.4) is 0 Å². The van der Waals surface area contributed by atoms with Crippen LogP contribution in [0.1, 0.15) is 34.5 Å². The van der Waals surface area contributed by atoms with Crippen molar-refractivity contribution in [3.8, 4) is 5.75 Å². The minimum Gasteiger partial charge on any atom is -0.486 e. The first kappa shape index (κ1) is 14.0. The van der Waals surface area contributed by atoms with Crippen LogP contribution >= 0.6 is 11.3 Å². The second kappa shape index (κ2) is 6.68. The normalized spacial score (nSPS) is 10.7. The van der Waals surface area contributed by atoms with E-state index in [1.54, 1.807) is 0 Å². The number of aliphatic hydroxyl groups is 1. The van der Waals surface area contributed by atoms with E-state index in [1.807, 2.05) is 24.3 Å².